The van der Waals surface area contributed by atoms with Gasteiger partial charge in [-0.1, -0.05) is 13.3 Å². The van der Waals surface area contributed by atoms with Gasteiger partial charge in [-0.15, -0.1) is 0 Å². The number of imidazole rings is 1. The SMILES string of the molecule is CCCC(c1ccc[n+]([O-])c1)n1ccnc1. The fourth-order valence-corrected chi connectivity index (χ4v) is 1.88. The van der Waals surface area contributed by atoms with Gasteiger partial charge in [0.15, 0.2) is 12.4 Å². The monoisotopic (exact) mass is 217 g/mol. The number of hydrogen-bond donors (Lipinski definition) is 0. The summed E-state index contributed by atoms with van der Waals surface area (Å²) in [5, 5.41) is 11.3. The maximum atomic E-state index is 11.3. The Balaban J connectivity index is 2.33. The van der Waals surface area contributed by atoms with E-state index in [1.54, 1.807) is 24.8 Å². The van der Waals surface area contributed by atoms with Gasteiger partial charge >= 0.3 is 0 Å². The first kappa shape index (κ1) is 10.7. The maximum absolute atomic E-state index is 11.3. The molecule has 2 aromatic rings. The summed E-state index contributed by atoms with van der Waals surface area (Å²) in [5.41, 5.74) is 1.03. The van der Waals surface area contributed by atoms with E-state index in [2.05, 4.69) is 11.9 Å². The van der Waals surface area contributed by atoms with Crippen molar-refractivity contribution < 1.29 is 4.73 Å². The average molecular weight is 217 g/mol. The molecule has 84 valence electrons. The van der Waals surface area contributed by atoms with Gasteiger partial charge in [0, 0.05) is 24.0 Å². The molecule has 0 radical (unpaired) electrons. The average Bonchev–Trinajstić information content (AvgIpc) is 2.79. The predicted molar refractivity (Wildman–Crippen MR) is 60.7 cm³/mol. The second-order valence-corrected chi connectivity index (χ2v) is 3.81. The highest BCUT2D eigenvalue weighted by Crippen LogP contribution is 2.21. The van der Waals surface area contributed by atoms with Crippen LogP contribution in [0.4, 0.5) is 0 Å². The minimum atomic E-state index is 0.203. The van der Waals surface area contributed by atoms with E-state index in [4.69, 9.17) is 0 Å². The van der Waals surface area contributed by atoms with Gasteiger partial charge in [0.1, 0.15) is 0 Å². The standard InChI is InChI=1S/C12H15N3O/c1-2-4-12(14-8-6-13-10-14)11-5-3-7-15(16)9-11/h3,5-10,12H,2,4H2,1H3. The smallest absolute Gasteiger partial charge is 0.185 e. The summed E-state index contributed by atoms with van der Waals surface area (Å²) in [7, 11) is 0. The van der Waals surface area contributed by atoms with Crippen LogP contribution in [0.25, 0.3) is 0 Å². The minimum absolute atomic E-state index is 0.203. The van der Waals surface area contributed by atoms with E-state index in [-0.39, 0.29) is 6.04 Å². The molecule has 2 rings (SSSR count). The summed E-state index contributed by atoms with van der Waals surface area (Å²) in [6.45, 7) is 2.14. The Hall–Kier alpha value is -1.84. The van der Waals surface area contributed by atoms with Gasteiger partial charge in [-0.05, 0) is 12.5 Å². The molecule has 0 aromatic carbocycles. The molecular weight excluding hydrogens is 202 g/mol. The van der Waals surface area contributed by atoms with Crippen LogP contribution in [-0.4, -0.2) is 9.55 Å². The van der Waals surface area contributed by atoms with Crippen LogP contribution in [-0.2, 0) is 0 Å². The van der Waals surface area contributed by atoms with Crippen LogP contribution < -0.4 is 4.73 Å². The van der Waals surface area contributed by atoms with Crippen molar-refractivity contribution in [2.45, 2.75) is 25.8 Å². The third kappa shape index (κ3) is 2.21. The molecule has 4 nitrogen and oxygen atoms in total. The lowest BCUT2D eigenvalue weighted by molar-refractivity contribution is -0.606. The first-order chi connectivity index (χ1) is 7.81. The summed E-state index contributed by atoms with van der Waals surface area (Å²) >= 11 is 0. The van der Waals surface area contributed by atoms with Crippen LogP contribution in [0, 0.1) is 5.21 Å². The second kappa shape index (κ2) is 4.79. The molecule has 0 saturated carbocycles. The molecule has 16 heavy (non-hydrogen) atoms. The summed E-state index contributed by atoms with van der Waals surface area (Å²) in [6.07, 6.45) is 10.7. The summed E-state index contributed by atoms with van der Waals surface area (Å²) in [5.74, 6) is 0. The van der Waals surface area contributed by atoms with E-state index >= 15 is 0 Å². The molecule has 0 aliphatic rings. The maximum Gasteiger partial charge on any atom is 0.185 e. The molecule has 0 aliphatic carbocycles. The summed E-state index contributed by atoms with van der Waals surface area (Å²) < 4.78 is 2.88. The molecular formula is C12H15N3O. The van der Waals surface area contributed by atoms with Gasteiger partial charge in [0.2, 0.25) is 0 Å². The first-order valence-electron chi connectivity index (χ1n) is 5.47. The van der Waals surface area contributed by atoms with Crippen molar-refractivity contribution in [2.24, 2.45) is 0 Å². The molecule has 0 saturated heterocycles. The highest BCUT2D eigenvalue weighted by Gasteiger charge is 2.14. The van der Waals surface area contributed by atoms with Gasteiger partial charge < -0.3 is 9.77 Å². The van der Waals surface area contributed by atoms with Crippen molar-refractivity contribution >= 4 is 0 Å². The Labute approximate surface area is 94.8 Å². The Morgan fingerprint density at radius 1 is 1.56 bits per heavy atom. The van der Waals surface area contributed by atoms with Gasteiger partial charge in [-0.3, -0.25) is 0 Å². The fourth-order valence-electron chi connectivity index (χ4n) is 1.88. The molecule has 0 aliphatic heterocycles. The zero-order chi connectivity index (χ0) is 11.4. The van der Waals surface area contributed by atoms with Gasteiger partial charge in [-0.25, -0.2) is 4.98 Å². The molecule has 1 unspecified atom stereocenters. The largest absolute Gasteiger partial charge is 0.619 e. The van der Waals surface area contributed by atoms with Crippen LogP contribution in [0.3, 0.4) is 0 Å². The predicted octanol–water partition coefficient (Wildman–Crippen LogP) is 1.91. The molecule has 2 heterocycles. The van der Waals surface area contributed by atoms with E-state index in [0.717, 1.165) is 23.1 Å². The first-order valence-corrected chi connectivity index (χ1v) is 5.47. The van der Waals surface area contributed by atoms with E-state index in [0.29, 0.717) is 0 Å². The molecule has 0 amide bonds. The molecule has 0 fully saturated rings. The van der Waals surface area contributed by atoms with Crippen LogP contribution in [0.15, 0.2) is 43.2 Å². The third-order valence-electron chi connectivity index (χ3n) is 2.63. The molecule has 0 bridgehead atoms. The van der Waals surface area contributed by atoms with Crippen LogP contribution in [0.5, 0.6) is 0 Å². The van der Waals surface area contributed by atoms with Crippen LogP contribution in [0.1, 0.15) is 31.4 Å². The van der Waals surface area contributed by atoms with E-state index in [1.165, 1.54) is 6.20 Å². The lowest BCUT2D eigenvalue weighted by atomic mass is 10.0. The van der Waals surface area contributed by atoms with E-state index < -0.39 is 0 Å². The Bertz CT molecular complexity index is 439. The number of aromatic nitrogens is 3. The molecule has 2 aromatic heterocycles. The number of rotatable bonds is 4. The third-order valence-corrected chi connectivity index (χ3v) is 2.63. The van der Waals surface area contributed by atoms with Crippen molar-refractivity contribution in [2.75, 3.05) is 0 Å². The molecule has 1 atom stereocenters. The summed E-state index contributed by atoms with van der Waals surface area (Å²) in [4.78, 5) is 4.05. The molecule has 0 spiro atoms. The number of nitrogens with zero attached hydrogens (tertiary/aromatic N) is 3. The van der Waals surface area contributed by atoms with Gasteiger partial charge in [0.05, 0.1) is 12.4 Å². The second-order valence-electron chi connectivity index (χ2n) is 3.81. The lowest BCUT2D eigenvalue weighted by Crippen LogP contribution is -2.26. The quantitative estimate of drug-likeness (QED) is 0.580. The number of hydrogen-bond acceptors (Lipinski definition) is 2. The zero-order valence-electron chi connectivity index (χ0n) is 9.28. The summed E-state index contributed by atoms with van der Waals surface area (Å²) in [6, 6.07) is 3.96. The van der Waals surface area contributed by atoms with Crippen LogP contribution >= 0.6 is 0 Å². The van der Waals surface area contributed by atoms with E-state index in [9.17, 15) is 5.21 Å². The van der Waals surface area contributed by atoms with Crippen molar-refractivity contribution in [1.29, 1.82) is 0 Å². The van der Waals surface area contributed by atoms with Gasteiger partial charge in [-0.2, -0.15) is 4.73 Å². The highest BCUT2D eigenvalue weighted by molar-refractivity contribution is 5.13. The van der Waals surface area contributed by atoms with Crippen molar-refractivity contribution in [3.8, 4) is 0 Å². The van der Waals surface area contributed by atoms with Crippen molar-refractivity contribution in [1.82, 2.24) is 9.55 Å². The molecule has 0 N–H and O–H groups in total. The normalized spacial score (nSPS) is 12.6. The van der Waals surface area contributed by atoms with Crippen LogP contribution in [0.2, 0.25) is 0 Å². The van der Waals surface area contributed by atoms with Crippen molar-refractivity contribution in [3.63, 3.8) is 0 Å². The lowest BCUT2D eigenvalue weighted by Gasteiger charge is -2.17. The Kier molecular flexibility index (Phi) is 3.19. The van der Waals surface area contributed by atoms with Gasteiger partial charge in [0.25, 0.3) is 0 Å². The van der Waals surface area contributed by atoms with E-state index in [1.807, 2.05) is 16.8 Å². The minimum Gasteiger partial charge on any atom is -0.619 e. The topological polar surface area (TPSA) is 44.8 Å². The Morgan fingerprint density at radius 3 is 3.06 bits per heavy atom. The Morgan fingerprint density at radius 2 is 2.44 bits per heavy atom. The zero-order valence-corrected chi connectivity index (χ0v) is 9.28. The van der Waals surface area contributed by atoms with Crippen molar-refractivity contribution in [3.05, 3.63) is 54.0 Å². The molecule has 4 heteroatoms. The highest BCUT2D eigenvalue weighted by atomic mass is 16.5. The number of pyridine rings is 1. The fraction of sp³-hybridized carbons (Fsp3) is 0.333.